The SMILES string of the molecule is Cc1cc(C(=O)N2CCCC(CCBr)C2)on1. The van der Waals surface area contributed by atoms with Crippen LogP contribution in [0, 0.1) is 12.8 Å². The van der Waals surface area contributed by atoms with E-state index in [1.54, 1.807) is 6.07 Å². The first-order valence-corrected chi connectivity index (χ1v) is 7.11. The second-order valence-electron chi connectivity index (χ2n) is 4.57. The van der Waals surface area contributed by atoms with Crippen LogP contribution in [-0.2, 0) is 0 Å². The van der Waals surface area contributed by atoms with Gasteiger partial charge in [-0.25, -0.2) is 0 Å². The third-order valence-electron chi connectivity index (χ3n) is 3.16. The minimum atomic E-state index is -0.0233. The highest BCUT2D eigenvalue weighted by molar-refractivity contribution is 9.09. The number of aryl methyl sites for hydroxylation is 1. The number of alkyl halides is 1. The van der Waals surface area contributed by atoms with Crippen molar-refractivity contribution in [3.8, 4) is 0 Å². The lowest BCUT2D eigenvalue weighted by molar-refractivity contribution is 0.0630. The van der Waals surface area contributed by atoms with E-state index in [0.717, 1.165) is 37.0 Å². The number of amides is 1. The number of carbonyl (C=O) groups excluding carboxylic acids is 1. The summed E-state index contributed by atoms with van der Waals surface area (Å²) in [7, 11) is 0. The molecule has 17 heavy (non-hydrogen) atoms. The van der Waals surface area contributed by atoms with E-state index in [0.29, 0.717) is 11.7 Å². The van der Waals surface area contributed by atoms with Crippen molar-refractivity contribution in [1.82, 2.24) is 10.1 Å². The molecule has 5 heteroatoms. The van der Waals surface area contributed by atoms with Gasteiger partial charge in [0.25, 0.3) is 5.91 Å². The number of rotatable bonds is 3. The van der Waals surface area contributed by atoms with Crippen LogP contribution in [0.3, 0.4) is 0 Å². The van der Waals surface area contributed by atoms with Crippen LogP contribution in [0.5, 0.6) is 0 Å². The molecule has 0 saturated carbocycles. The van der Waals surface area contributed by atoms with E-state index in [-0.39, 0.29) is 5.91 Å². The number of aromatic nitrogens is 1. The Morgan fingerprint density at radius 3 is 3.18 bits per heavy atom. The molecule has 1 amide bonds. The molecule has 1 aliphatic heterocycles. The van der Waals surface area contributed by atoms with Gasteiger partial charge in [-0.2, -0.15) is 0 Å². The topological polar surface area (TPSA) is 46.3 Å². The number of halogens is 1. The normalized spacial score (nSPS) is 20.6. The Morgan fingerprint density at radius 2 is 2.53 bits per heavy atom. The smallest absolute Gasteiger partial charge is 0.292 e. The summed E-state index contributed by atoms with van der Waals surface area (Å²) in [5.74, 6) is 0.947. The zero-order valence-electron chi connectivity index (χ0n) is 9.99. The van der Waals surface area contributed by atoms with Crippen molar-refractivity contribution < 1.29 is 9.32 Å². The van der Waals surface area contributed by atoms with E-state index in [4.69, 9.17) is 4.52 Å². The molecule has 1 fully saturated rings. The molecule has 0 N–H and O–H groups in total. The third-order valence-corrected chi connectivity index (χ3v) is 3.62. The van der Waals surface area contributed by atoms with Crippen LogP contribution in [0.15, 0.2) is 10.6 Å². The van der Waals surface area contributed by atoms with Crippen molar-refractivity contribution in [2.75, 3.05) is 18.4 Å². The standard InChI is InChI=1S/C12H17BrN2O2/c1-9-7-11(17-14-9)12(16)15-6-2-3-10(8-15)4-5-13/h7,10H,2-6,8H2,1H3. The van der Waals surface area contributed by atoms with Crippen molar-refractivity contribution in [2.45, 2.75) is 26.2 Å². The molecule has 2 heterocycles. The fraction of sp³-hybridized carbons (Fsp3) is 0.667. The fourth-order valence-electron chi connectivity index (χ4n) is 2.26. The minimum Gasteiger partial charge on any atom is -0.351 e. The lowest BCUT2D eigenvalue weighted by Gasteiger charge is -2.31. The predicted octanol–water partition coefficient (Wildman–Crippen LogP) is 2.62. The first kappa shape index (κ1) is 12.6. The first-order chi connectivity index (χ1) is 8.20. The van der Waals surface area contributed by atoms with E-state index < -0.39 is 0 Å². The van der Waals surface area contributed by atoms with Gasteiger partial charge in [-0.1, -0.05) is 21.1 Å². The number of hydrogen-bond acceptors (Lipinski definition) is 3. The van der Waals surface area contributed by atoms with Crippen molar-refractivity contribution >= 4 is 21.8 Å². The van der Waals surface area contributed by atoms with E-state index in [1.807, 2.05) is 11.8 Å². The molecule has 0 radical (unpaired) electrons. The van der Waals surface area contributed by atoms with Gasteiger partial charge in [0.05, 0.1) is 5.69 Å². The average Bonchev–Trinajstić information content (AvgIpc) is 2.76. The van der Waals surface area contributed by atoms with Crippen molar-refractivity contribution in [1.29, 1.82) is 0 Å². The summed E-state index contributed by atoms with van der Waals surface area (Å²) < 4.78 is 5.02. The molecule has 0 aromatic carbocycles. The van der Waals surface area contributed by atoms with Gasteiger partial charge in [-0.05, 0) is 32.1 Å². The minimum absolute atomic E-state index is 0.0233. The largest absolute Gasteiger partial charge is 0.351 e. The summed E-state index contributed by atoms with van der Waals surface area (Å²) in [6.07, 6.45) is 3.42. The van der Waals surface area contributed by atoms with Gasteiger partial charge in [-0.3, -0.25) is 4.79 Å². The Kier molecular flexibility index (Phi) is 4.20. The second kappa shape index (κ2) is 5.67. The number of likely N-dealkylation sites (tertiary alicyclic amines) is 1. The Hall–Kier alpha value is -0.840. The van der Waals surface area contributed by atoms with Crippen molar-refractivity contribution in [3.63, 3.8) is 0 Å². The summed E-state index contributed by atoms with van der Waals surface area (Å²) in [5.41, 5.74) is 0.752. The summed E-state index contributed by atoms with van der Waals surface area (Å²) in [6.45, 7) is 3.49. The van der Waals surface area contributed by atoms with Crippen LogP contribution in [0.2, 0.25) is 0 Å². The molecule has 4 nitrogen and oxygen atoms in total. The van der Waals surface area contributed by atoms with Gasteiger partial charge in [0.2, 0.25) is 5.76 Å². The van der Waals surface area contributed by atoms with Crippen LogP contribution in [0.1, 0.15) is 35.5 Å². The molecule has 1 aromatic rings. The van der Waals surface area contributed by atoms with Gasteiger partial charge in [0.1, 0.15) is 0 Å². The molecule has 2 rings (SSSR count). The van der Waals surface area contributed by atoms with Gasteiger partial charge >= 0.3 is 0 Å². The molecular weight excluding hydrogens is 284 g/mol. The lowest BCUT2D eigenvalue weighted by atomic mass is 9.95. The summed E-state index contributed by atoms with van der Waals surface area (Å²) in [4.78, 5) is 14.0. The van der Waals surface area contributed by atoms with Gasteiger partial charge in [0, 0.05) is 24.5 Å². The molecule has 0 aliphatic carbocycles. The van der Waals surface area contributed by atoms with Crippen LogP contribution in [-0.4, -0.2) is 34.4 Å². The van der Waals surface area contributed by atoms with Crippen molar-refractivity contribution in [2.24, 2.45) is 5.92 Å². The molecule has 1 aliphatic rings. The third kappa shape index (κ3) is 3.09. The van der Waals surface area contributed by atoms with E-state index >= 15 is 0 Å². The molecular formula is C12H17BrN2O2. The lowest BCUT2D eigenvalue weighted by Crippen LogP contribution is -2.39. The molecule has 1 saturated heterocycles. The zero-order valence-corrected chi connectivity index (χ0v) is 11.6. The number of nitrogens with zero attached hydrogens (tertiary/aromatic N) is 2. The Balaban J connectivity index is 1.99. The zero-order chi connectivity index (χ0) is 12.3. The summed E-state index contributed by atoms with van der Waals surface area (Å²) >= 11 is 3.46. The van der Waals surface area contributed by atoms with Gasteiger partial charge < -0.3 is 9.42 Å². The van der Waals surface area contributed by atoms with Crippen molar-refractivity contribution in [3.05, 3.63) is 17.5 Å². The molecule has 1 aromatic heterocycles. The summed E-state index contributed by atoms with van der Waals surface area (Å²) in [5, 5.41) is 4.76. The van der Waals surface area contributed by atoms with Gasteiger partial charge in [0.15, 0.2) is 0 Å². The van der Waals surface area contributed by atoms with Crippen LogP contribution >= 0.6 is 15.9 Å². The van der Waals surface area contributed by atoms with E-state index in [9.17, 15) is 4.79 Å². The van der Waals surface area contributed by atoms with Crippen LogP contribution < -0.4 is 0 Å². The number of piperidine rings is 1. The number of carbonyl (C=O) groups is 1. The highest BCUT2D eigenvalue weighted by atomic mass is 79.9. The molecule has 1 atom stereocenters. The maximum Gasteiger partial charge on any atom is 0.292 e. The fourth-order valence-corrected chi connectivity index (χ4v) is 2.91. The Labute approximate surface area is 109 Å². The summed E-state index contributed by atoms with van der Waals surface area (Å²) in [6, 6.07) is 1.70. The maximum absolute atomic E-state index is 12.1. The molecule has 0 spiro atoms. The van der Waals surface area contributed by atoms with E-state index in [2.05, 4.69) is 21.1 Å². The monoisotopic (exact) mass is 300 g/mol. The Bertz CT molecular complexity index is 390. The average molecular weight is 301 g/mol. The maximum atomic E-state index is 12.1. The first-order valence-electron chi connectivity index (χ1n) is 5.99. The van der Waals surface area contributed by atoms with Crippen LogP contribution in [0.4, 0.5) is 0 Å². The van der Waals surface area contributed by atoms with Crippen LogP contribution in [0.25, 0.3) is 0 Å². The Morgan fingerprint density at radius 1 is 1.71 bits per heavy atom. The second-order valence-corrected chi connectivity index (χ2v) is 5.36. The highest BCUT2D eigenvalue weighted by Gasteiger charge is 2.26. The molecule has 0 bridgehead atoms. The molecule has 94 valence electrons. The van der Waals surface area contributed by atoms with Gasteiger partial charge in [-0.15, -0.1) is 0 Å². The van der Waals surface area contributed by atoms with E-state index in [1.165, 1.54) is 6.42 Å². The predicted molar refractivity (Wildman–Crippen MR) is 68.3 cm³/mol. The quantitative estimate of drug-likeness (QED) is 0.806. The number of hydrogen-bond donors (Lipinski definition) is 0. The highest BCUT2D eigenvalue weighted by Crippen LogP contribution is 2.22. The molecule has 1 unspecified atom stereocenters.